The standard InChI is InChI=1S/C19H20N2O5/c1-12-6-8-15(10-13(12)2)18(19(23)24)20-17(22)9-7-14-4-3-5-16(11-14)21(25)26/h3-6,8,10-11,18H,7,9H2,1-2H3,(H,20,22)(H,23,24). The highest BCUT2D eigenvalue weighted by atomic mass is 16.6. The van der Waals surface area contributed by atoms with Crippen LogP contribution in [0.4, 0.5) is 5.69 Å². The number of nitro benzene ring substituents is 1. The molecule has 0 saturated heterocycles. The molecule has 2 aromatic carbocycles. The zero-order valence-electron chi connectivity index (χ0n) is 14.6. The van der Waals surface area contributed by atoms with E-state index in [9.17, 15) is 24.8 Å². The van der Waals surface area contributed by atoms with Crippen molar-refractivity contribution in [1.29, 1.82) is 0 Å². The van der Waals surface area contributed by atoms with Crippen molar-refractivity contribution in [1.82, 2.24) is 5.32 Å². The number of aryl methyl sites for hydroxylation is 3. The lowest BCUT2D eigenvalue weighted by Crippen LogP contribution is -2.33. The lowest BCUT2D eigenvalue weighted by atomic mass is 10.0. The molecule has 2 aromatic rings. The predicted molar refractivity (Wildman–Crippen MR) is 95.9 cm³/mol. The Kier molecular flexibility index (Phi) is 6.06. The van der Waals surface area contributed by atoms with Gasteiger partial charge in [-0.05, 0) is 42.5 Å². The molecule has 1 unspecified atom stereocenters. The molecule has 7 nitrogen and oxygen atoms in total. The summed E-state index contributed by atoms with van der Waals surface area (Å²) >= 11 is 0. The maximum Gasteiger partial charge on any atom is 0.330 e. The molecule has 1 amide bonds. The van der Waals surface area contributed by atoms with E-state index in [1.807, 2.05) is 19.9 Å². The molecule has 1 atom stereocenters. The van der Waals surface area contributed by atoms with Crippen molar-refractivity contribution in [2.75, 3.05) is 0 Å². The van der Waals surface area contributed by atoms with E-state index in [-0.39, 0.29) is 18.5 Å². The Balaban J connectivity index is 2.04. The van der Waals surface area contributed by atoms with E-state index in [1.54, 1.807) is 24.3 Å². The second kappa shape index (κ2) is 8.24. The summed E-state index contributed by atoms with van der Waals surface area (Å²) in [4.78, 5) is 34.0. The first-order valence-electron chi connectivity index (χ1n) is 8.10. The van der Waals surface area contributed by atoms with Crippen LogP contribution in [0.25, 0.3) is 0 Å². The normalized spacial score (nSPS) is 11.6. The minimum absolute atomic E-state index is 0.0375. The van der Waals surface area contributed by atoms with Gasteiger partial charge in [-0.2, -0.15) is 0 Å². The third kappa shape index (κ3) is 4.89. The molecule has 0 radical (unpaired) electrons. The number of amides is 1. The van der Waals surface area contributed by atoms with Crippen LogP contribution in [0.1, 0.15) is 34.7 Å². The van der Waals surface area contributed by atoms with Crippen molar-refractivity contribution < 1.29 is 19.6 Å². The van der Waals surface area contributed by atoms with Crippen LogP contribution in [-0.2, 0) is 16.0 Å². The third-order valence-corrected chi connectivity index (χ3v) is 4.18. The first-order chi connectivity index (χ1) is 12.3. The van der Waals surface area contributed by atoms with Crippen LogP contribution >= 0.6 is 0 Å². The molecule has 0 aliphatic rings. The molecule has 0 heterocycles. The summed E-state index contributed by atoms with van der Waals surface area (Å²) in [6, 6.07) is 10.1. The molecule has 2 rings (SSSR count). The summed E-state index contributed by atoms with van der Waals surface area (Å²) < 4.78 is 0. The fourth-order valence-corrected chi connectivity index (χ4v) is 2.55. The van der Waals surface area contributed by atoms with E-state index in [2.05, 4.69) is 5.32 Å². The van der Waals surface area contributed by atoms with Gasteiger partial charge in [-0.3, -0.25) is 14.9 Å². The first kappa shape index (κ1) is 19.1. The number of carboxylic acids is 1. The number of aliphatic carboxylic acids is 1. The maximum atomic E-state index is 12.2. The number of carbonyl (C=O) groups is 2. The van der Waals surface area contributed by atoms with Crippen LogP contribution in [0.2, 0.25) is 0 Å². The van der Waals surface area contributed by atoms with Gasteiger partial charge < -0.3 is 10.4 Å². The lowest BCUT2D eigenvalue weighted by Gasteiger charge is -2.16. The predicted octanol–water partition coefficient (Wildman–Crippen LogP) is 3.09. The van der Waals surface area contributed by atoms with E-state index in [4.69, 9.17) is 0 Å². The number of nitro groups is 1. The second-order valence-electron chi connectivity index (χ2n) is 6.11. The van der Waals surface area contributed by atoms with Crippen molar-refractivity contribution in [2.24, 2.45) is 0 Å². The van der Waals surface area contributed by atoms with E-state index < -0.39 is 22.8 Å². The van der Waals surface area contributed by atoms with Gasteiger partial charge in [0.1, 0.15) is 0 Å². The van der Waals surface area contributed by atoms with Gasteiger partial charge in [-0.25, -0.2) is 4.79 Å². The van der Waals surface area contributed by atoms with Crippen molar-refractivity contribution in [2.45, 2.75) is 32.7 Å². The molecule has 0 spiro atoms. The van der Waals surface area contributed by atoms with E-state index in [0.29, 0.717) is 11.1 Å². The van der Waals surface area contributed by atoms with Gasteiger partial charge in [0.25, 0.3) is 5.69 Å². The Morgan fingerprint density at radius 2 is 1.88 bits per heavy atom. The van der Waals surface area contributed by atoms with Crippen LogP contribution in [0.5, 0.6) is 0 Å². The van der Waals surface area contributed by atoms with Crippen LogP contribution in [0, 0.1) is 24.0 Å². The average molecular weight is 356 g/mol. The zero-order chi connectivity index (χ0) is 19.3. The number of hydrogen-bond acceptors (Lipinski definition) is 4. The van der Waals surface area contributed by atoms with Gasteiger partial charge in [-0.1, -0.05) is 30.3 Å². The summed E-state index contributed by atoms with van der Waals surface area (Å²) in [7, 11) is 0. The second-order valence-corrected chi connectivity index (χ2v) is 6.11. The summed E-state index contributed by atoms with van der Waals surface area (Å²) in [5.74, 6) is -1.57. The fraction of sp³-hybridized carbons (Fsp3) is 0.263. The monoisotopic (exact) mass is 356 g/mol. The minimum Gasteiger partial charge on any atom is -0.479 e. The Labute approximate surface area is 150 Å². The van der Waals surface area contributed by atoms with Crippen molar-refractivity contribution >= 4 is 17.6 Å². The SMILES string of the molecule is Cc1ccc(C(NC(=O)CCc2cccc([N+](=O)[O-])c2)C(=O)O)cc1C. The Hall–Kier alpha value is -3.22. The Bertz CT molecular complexity index is 848. The smallest absolute Gasteiger partial charge is 0.330 e. The highest BCUT2D eigenvalue weighted by Gasteiger charge is 2.22. The van der Waals surface area contributed by atoms with Crippen molar-refractivity contribution in [3.8, 4) is 0 Å². The van der Waals surface area contributed by atoms with Crippen molar-refractivity contribution in [3.05, 3.63) is 74.8 Å². The molecular formula is C19H20N2O5. The molecule has 26 heavy (non-hydrogen) atoms. The van der Waals surface area contributed by atoms with Gasteiger partial charge in [-0.15, -0.1) is 0 Å². The van der Waals surface area contributed by atoms with Crippen LogP contribution < -0.4 is 5.32 Å². The summed E-state index contributed by atoms with van der Waals surface area (Å²) in [6.07, 6.45) is 0.322. The average Bonchev–Trinajstić information content (AvgIpc) is 2.60. The number of nitrogens with one attached hydrogen (secondary N) is 1. The number of rotatable bonds is 7. The molecular weight excluding hydrogens is 336 g/mol. The van der Waals surface area contributed by atoms with E-state index >= 15 is 0 Å². The maximum absolute atomic E-state index is 12.2. The van der Waals surface area contributed by atoms with Gasteiger partial charge >= 0.3 is 5.97 Å². The number of carbonyl (C=O) groups excluding carboxylic acids is 1. The van der Waals surface area contributed by atoms with Gasteiger partial charge in [0.2, 0.25) is 5.91 Å². The number of carboxylic acid groups (broad SMARTS) is 1. The quantitative estimate of drug-likeness (QED) is 0.585. The van der Waals surface area contributed by atoms with Gasteiger partial charge in [0, 0.05) is 18.6 Å². The van der Waals surface area contributed by atoms with Crippen LogP contribution in [0.15, 0.2) is 42.5 Å². The fourth-order valence-electron chi connectivity index (χ4n) is 2.55. The molecule has 0 aliphatic carbocycles. The highest BCUT2D eigenvalue weighted by Crippen LogP contribution is 2.18. The summed E-state index contributed by atoms with van der Waals surface area (Å²) in [6.45, 7) is 3.80. The molecule has 0 aliphatic heterocycles. The number of benzene rings is 2. The minimum atomic E-state index is -1.14. The topological polar surface area (TPSA) is 110 Å². The Morgan fingerprint density at radius 1 is 1.15 bits per heavy atom. The molecule has 7 heteroatoms. The Morgan fingerprint density at radius 3 is 2.50 bits per heavy atom. The molecule has 0 aromatic heterocycles. The number of hydrogen-bond donors (Lipinski definition) is 2. The molecule has 0 bridgehead atoms. The van der Waals surface area contributed by atoms with Crippen molar-refractivity contribution in [3.63, 3.8) is 0 Å². The first-order valence-corrected chi connectivity index (χ1v) is 8.10. The van der Waals surface area contributed by atoms with Gasteiger partial charge in [0.05, 0.1) is 4.92 Å². The molecule has 136 valence electrons. The third-order valence-electron chi connectivity index (χ3n) is 4.18. The van der Waals surface area contributed by atoms with E-state index in [1.165, 1.54) is 12.1 Å². The number of non-ortho nitro benzene ring substituents is 1. The highest BCUT2D eigenvalue weighted by molar-refractivity contribution is 5.84. The largest absolute Gasteiger partial charge is 0.479 e. The summed E-state index contributed by atoms with van der Waals surface area (Å²) in [5, 5.41) is 22.7. The molecule has 0 fully saturated rings. The van der Waals surface area contributed by atoms with Gasteiger partial charge in [0.15, 0.2) is 6.04 Å². The zero-order valence-corrected chi connectivity index (χ0v) is 14.6. The summed E-state index contributed by atoms with van der Waals surface area (Å²) in [5.41, 5.74) is 3.09. The lowest BCUT2D eigenvalue weighted by molar-refractivity contribution is -0.384. The number of nitrogens with zero attached hydrogens (tertiary/aromatic N) is 1. The van der Waals surface area contributed by atoms with E-state index in [0.717, 1.165) is 11.1 Å². The van der Waals surface area contributed by atoms with Crippen LogP contribution in [0.3, 0.4) is 0 Å². The molecule has 2 N–H and O–H groups in total. The molecule has 0 saturated carbocycles. The van der Waals surface area contributed by atoms with Crippen LogP contribution in [-0.4, -0.2) is 21.9 Å².